The van der Waals surface area contributed by atoms with E-state index in [2.05, 4.69) is 15.2 Å². The van der Waals surface area contributed by atoms with E-state index in [0.29, 0.717) is 22.7 Å². The van der Waals surface area contributed by atoms with Crippen molar-refractivity contribution in [3.8, 4) is 0 Å². The van der Waals surface area contributed by atoms with Crippen molar-refractivity contribution in [1.82, 2.24) is 9.97 Å². The van der Waals surface area contributed by atoms with E-state index in [1.807, 2.05) is 24.3 Å². The third-order valence-electron chi connectivity index (χ3n) is 4.94. The van der Waals surface area contributed by atoms with Crippen molar-refractivity contribution in [1.29, 1.82) is 0 Å². The number of nitrogens with zero attached hydrogens (tertiary/aromatic N) is 4. The average Bonchev–Trinajstić information content (AvgIpc) is 3.22. The highest BCUT2D eigenvalue weighted by molar-refractivity contribution is 6.07. The fourth-order valence-corrected chi connectivity index (χ4v) is 3.47. The quantitative estimate of drug-likeness (QED) is 0.549. The lowest BCUT2D eigenvalue weighted by molar-refractivity contribution is -0.385. The summed E-state index contributed by atoms with van der Waals surface area (Å²) in [6.07, 6.45) is 2.12. The highest BCUT2D eigenvalue weighted by Crippen LogP contribution is 2.29. The van der Waals surface area contributed by atoms with Gasteiger partial charge in [-0.1, -0.05) is 18.2 Å². The minimum Gasteiger partial charge on any atom is -0.354 e. The van der Waals surface area contributed by atoms with E-state index in [1.165, 1.54) is 12.1 Å². The first kappa shape index (κ1) is 17.8. The molecular weight excluding hydrogens is 358 g/mol. The molecule has 0 radical (unpaired) electrons. The molecule has 3 aromatic rings. The maximum absolute atomic E-state index is 12.9. The summed E-state index contributed by atoms with van der Waals surface area (Å²) >= 11 is 0. The zero-order valence-electron chi connectivity index (χ0n) is 15.4. The van der Waals surface area contributed by atoms with Gasteiger partial charge in [0.1, 0.15) is 0 Å². The molecule has 1 saturated heterocycles. The van der Waals surface area contributed by atoms with Gasteiger partial charge >= 0.3 is 0 Å². The number of nitrogens with one attached hydrogen (secondary N) is 1. The summed E-state index contributed by atoms with van der Waals surface area (Å²) in [6, 6.07) is 12.0. The molecule has 1 aliphatic rings. The zero-order valence-corrected chi connectivity index (χ0v) is 15.4. The fraction of sp³-hybridized carbons (Fsp3) is 0.250. The second-order valence-corrected chi connectivity index (χ2v) is 6.74. The zero-order chi connectivity index (χ0) is 19.7. The maximum Gasteiger partial charge on any atom is 0.273 e. The second kappa shape index (κ2) is 7.22. The van der Waals surface area contributed by atoms with Crippen LogP contribution in [0.4, 0.5) is 17.3 Å². The van der Waals surface area contributed by atoms with E-state index < -0.39 is 10.8 Å². The van der Waals surface area contributed by atoms with Crippen molar-refractivity contribution >= 4 is 34.3 Å². The molecule has 0 atom stereocenters. The molecule has 142 valence electrons. The largest absolute Gasteiger partial charge is 0.354 e. The van der Waals surface area contributed by atoms with Gasteiger partial charge in [-0.15, -0.1) is 0 Å². The fourth-order valence-electron chi connectivity index (χ4n) is 3.47. The Morgan fingerprint density at radius 1 is 1.07 bits per heavy atom. The van der Waals surface area contributed by atoms with Crippen molar-refractivity contribution in [2.75, 3.05) is 23.3 Å². The number of carbonyl (C=O) groups is 1. The SMILES string of the molecule is Cc1c(C(=O)Nc2nc3ccccc3nc2N2CCCC2)cccc1[N+](=O)[O-]. The number of nitro groups is 1. The van der Waals surface area contributed by atoms with E-state index in [4.69, 9.17) is 4.98 Å². The summed E-state index contributed by atoms with van der Waals surface area (Å²) in [5, 5.41) is 14.0. The molecule has 0 unspecified atom stereocenters. The molecule has 8 nitrogen and oxygen atoms in total. The average molecular weight is 377 g/mol. The highest BCUT2D eigenvalue weighted by Gasteiger charge is 2.23. The Morgan fingerprint density at radius 3 is 2.43 bits per heavy atom. The summed E-state index contributed by atoms with van der Waals surface area (Å²) in [4.78, 5) is 35.0. The Labute approximate surface area is 161 Å². The first-order valence-electron chi connectivity index (χ1n) is 9.11. The molecule has 4 rings (SSSR count). The van der Waals surface area contributed by atoms with Crippen LogP contribution in [0.25, 0.3) is 11.0 Å². The minimum absolute atomic E-state index is 0.0861. The van der Waals surface area contributed by atoms with Crippen LogP contribution >= 0.6 is 0 Å². The van der Waals surface area contributed by atoms with Gasteiger partial charge in [0.05, 0.1) is 16.0 Å². The number of benzene rings is 2. The summed E-state index contributed by atoms with van der Waals surface area (Å²) < 4.78 is 0. The van der Waals surface area contributed by atoms with Gasteiger partial charge < -0.3 is 10.2 Å². The predicted molar refractivity (Wildman–Crippen MR) is 107 cm³/mol. The van der Waals surface area contributed by atoms with Crippen LogP contribution in [0, 0.1) is 17.0 Å². The number of anilines is 2. The Balaban J connectivity index is 1.74. The molecule has 0 spiro atoms. The van der Waals surface area contributed by atoms with Gasteiger partial charge in [-0.05, 0) is 38.0 Å². The summed E-state index contributed by atoms with van der Waals surface area (Å²) in [6.45, 7) is 3.28. The van der Waals surface area contributed by atoms with E-state index in [0.717, 1.165) is 31.4 Å². The summed E-state index contributed by atoms with van der Waals surface area (Å²) in [7, 11) is 0. The van der Waals surface area contributed by atoms with Crippen LogP contribution < -0.4 is 10.2 Å². The molecule has 1 aliphatic heterocycles. The Kier molecular flexibility index (Phi) is 4.60. The van der Waals surface area contributed by atoms with E-state index in [-0.39, 0.29) is 11.3 Å². The number of aromatic nitrogens is 2. The van der Waals surface area contributed by atoms with E-state index >= 15 is 0 Å². The lowest BCUT2D eigenvalue weighted by atomic mass is 10.1. The molecule has 8 heteroatoms. The number of nitro benzene ring substituents is 1. The van der Waals surface area contributed by atoms with Crippen LogP contribution in [-0.4, -0.2) is 33.9 Å². The topological polar surface area (TPSA) is 101 Å². The number of hydrogen-bond donors (Lipinski definition) is 1. The van der Waals surface area contributed by atoms with Crippen LogP contribution in [0.2, 0.25) is 0 Å². The van der Waals surface area contributed by atoms with Crippen molar-refractivity contribution in [3.05, 3.63) is 63.7 Å². The Bertz CT molecular complexity index is 1080. The maximum atomic E-state index is 12.9. The van der Waals surface area contributed by atoms with Crippen molar-refractivity contribution in [2.45, 2.75) is 19.8 Å². The molecule has 2 aromatic carbocycles. The van der Waals surface area contributed by atoms with Crippen molar-refractivity contribution in [2.24, 2.45) is 0 Å². The van der Waals surface area contributed by atoms with Crippen molar-refractivity contribution < 1.29 is 9.72 Å². The van der Waals surface area contributed by atoms with Gasteiger partial charge in [0.25, 0.3) is 11.6 Å². The smallest absolute Gasteiger partial charge is 0.273 e. The Hall–Kier alpha value is -3.55. The molecule has 2 heterocycles. The number of para-hydroxylation sites is 2. The second-order valence-electron chi connectivity index (χ2n) is 6.74. The molecule has 0 aliphatic carbocycles. The number of hydrogen-bond acceptors (Lipinski definition) is 6. The molecule has 28 heavy (non-hydrogen) atoms. The van der Waals surface area contributed by atoms with Crippen LogP contribution in [-0.2, 0) is 0 Å². The van der Waals surface area contributed by atoms with Gasteiger partial charge in [-0.2, -0.15) is 0 Å². The van der Waals surface area contributed by atoms with Gasteiger partial charge in [0.15, 0.2) is 11.6 Å². The van der Waals surface area contributed by atoms with E-state index in [1.54, 1.807) is 13.0 Å². The number of carbonyl (C=O) groups excluding carboxylic acids is 1. The molecule has 1 N–H and O–H groups in total. The number of fused-ring (bicyclic) bond motifs is 1. The minimum atomic E-state index is -0.488. The van der Waals surface area contributed by atoms with E-state index in [9.17, 15) is 14.9 Å². The Morgan fingerprint density at radius 2 is 1.75 bits per heavy atom. The van der Waals surface area contributed by atoms with Crippen molar-refractivity contribution in [3.63, 3.8) is 0 Å². The van der Waals surface area contributed by atoms with Crippen LogP contribution in [0.15, 0.2) is 42.5 Å². The monoisotopic (exact) mass is 377 g/mol. The van der Waals surface area contributed by atoms with Crippen LogP contribution in [0.1, 0.15) is 28.8 Å². The summed E-state index contributed by atoms with van der Waals surface area (Å²) in [5.41, 5.74) is 1.92. The highest BCUT2D eigenvalue weighted by atomic mass is 16.6. The van der Waals surface area contributed by atoms with Gasteiger partial charge in [-0.3, -0.25) is 14.9 Å². The third kappa shape index (κ3) is 3.24. The van der Waals surface area contributed by atoms with Gasteiger partial charge in [0.2, 0.25) is 0 Å². The lowest BCUT2D eigenvalue weighted by Crippen LogP contribution is -2.23. The predicted octanol–water partition coefficient (Wildman–Crippen LogP) is 3.70. The standard InChI is InChI=1S/C20H19N5O3/c1-13-14(7-6-10-17(13)25(27)28)20(26)23-18-19(24-11-4-5-12-24)22-16-9-3-2-8-15(16)21-18/h2-3,6-10H,4-5,11-12H2,1H3,(H,21,23,26). The molecule has 0 saturated carbocycles. The molecule has 1 fully saturated rings. The lowest BCUT2D eigenvalue weighted by Gasteiger charge is -2.20. The third-order valence-corrected chi connectivity index (χ3v) is 4.94. The van der Waals surface area contributed by atoms with Crippen LogP contribution in [0.3, 0.4) is 0 Å². The van der Waals surface area contributed by atoms with Gasteiger partial charge in [-0.25, -0.2) is 9.97 Å². The molecule has 0 bridgehead atoms. The normalized spacial score (nSPS) is 13.7. The molecular formula is C20H19N5O3. The van der Waals surface area contributed by atoms with Gasteiger partial charge in [0, 0.05) is 30.3 Å². The number of amides is 1. The number of rotatable bonds is 4. The first-order chi connectivity index (χ1) is 13.5. The summed E-state index contributed by atoms with van der Waals surface area (Å²) in [5.74, 6) is 0.565. The first-order valence-corrected chi connectivity index (χ1v) is 9.11. The van der Waals surface area contributed by atoms with Crippen LogP contribution in [0.5, 0.6) is 0 Å². The molecule has 1 aromatic heterocycles. The molecule has 1 amide bonds.